The van der Waals surface area contributed by atoms with Crippen molar-refractivity contribution < 1.29 is 22.7 Å². The van der Waals surface area contributed by atoms with Crippen molar-refractivity contribution in [2.45, 2.75) is 6.18 Å². The lowest BCUT2D eigenvalue weighted by Gasteiger charge is -2.19. The Balaban J connectivity index is 1.94. The molecule has 0 bridgehead atoms. The van der Waals surface area contributed by atoms with Gasteiger partial charge in [0.05, 0.1) is 11.6 Å². The third-order valence-corrected chi connectivity index (χ3v) is 3.41. The smallest absolute Gasteiger partial charge is 0.406 e. The second-order valence-corrected chi connectivity index (χ2v) is 5.37. The number of nitrogens with zero attached hydrogens (tertiary/aromatic N) is 2. The van der Waals surface area contributed by atoms with Gasteiger partial charge in [0.1, 0.15) is 12.3 Å². The van der Waals surface area contributed by atoms with Crippen molar-refractivity contribution in [2.75, 3.05) is 20.2 Å². The number of alkyl halides is 3. The topological polar surface area (TPSA) is 53.3 Å². The van der Waals surface area contributed by atoms with Crippen LogP contribution in [-0.4, -0.2) is 37.2 Å². The molecule has 0 aliphatic rings. The van der Waals surface area contributed by atoms with Gasteiger partial charge in [-0.3, -0.25) is 4.79 Å². The van der Waals surface area contributed by atoms with Crippen LogP contribution in [0.5, 0.6) is 5.75 Å². The molecule has 0 saturated carbocycles. The average Bonchev–Trinajstić information content (AvgIpc) is 2.58. The average molecular weight is 348 g/mol. The summed E-state index contributed by atoms with van der Waals surface area (Å²) in [5.41, 5.74) is 2.36. The van der Waals surface area contributed by atoms with E-state index < -0.39 is 25.2 Å². The van der Waals surface area contributed by atoms with Crippen LogP contribution in [0.3, 0.4) is 0 Å². The minimum Gasteiger partial charge on any atom is -0.484 e. The van der Waals surface area contributed by atoms with E-state index in [2.05, 4.69) is 0 Å². The first kappa shape index (κ1) is 18.3. The van der Waals surface area contributed by atoms with E-state index in [-0.39, 0.29) is 0 Å². The summed E-state index contributed by atoms with van der Waals surface area (Å²) in [4.78, 5) is 12.2. The van der Waals surface area contributed by atoms with Gasteiger partial charge in [0, 0.05) is 7.05 Å². The van der Waals surface area contributed by atoms with E-state index in [1.807, 2.05) is 18.2 Å². The van der Waals surface area contributed by atoms with Crippen molar-refractivity contribution in [3.05, 3.63) is 54.1 Å². The Hall–Kier alpha value is -3.01. The number of ether oxygens (including phenoxy) is 1. The van der Waals surface area contributed by atoms with E-state index in [1.165, 1.54) is 0 Å². The van der Waals surface area contributed by atoms with E-state index in [4.69, 9.17) is 10.00 Å². The van der Waals surface area contributed by atoms with Gasteiger partial charge in [-0.15, -0.1) is 0 Å². The van der Waals surface area contributed by atoms with Crippen LogP contribution < -0.4 is 4.74 Å². The fourth-order valence-corrected chi connectivity index (χ4v) is 2.09. The van der Waals surface area contributed by atoms with Crippen LogP contribution in [0.4, 0.5) is 13.2 Å². The number of hydrogen-bond acceptors (Lipinski definition) is 3. The van der Waals surface area contributed by atoms with Gasteiger partial charge in [0.25, 0.3) is 5.91 Å². The summed E-state index contributed by atoms with van der Waals surface area (Å²) in [6, 6.07) is 15.9. The van der Waals surface area contributed by atoms with Gasteiger partial charge in [-0.2, -0.15) is 18.4 Å². The van der Waals surface area contributed by atoms with Gasteiger partial charge in [-0.25, -0.2) is 0 Å². The van der Waals surface area contributed by atoms with Crippen molar-refractivity contribution in [2.24, 2.45) is 0 Å². The second kappa shape index (κ2) is 7.71. The minimum atomic E-state index is -4.44. The first-order valence-electron chi connectivity index (χ1n) is 7.32. The molecule has 4 nitrogen and oxygen atoms in total. The molecule has 0 spiro atoms. The molecule has 0 aliphatic carbocycles. The molecule has 2 rings (SSSR count). The molecule has 0 aromatic heterocycles. The zero-order valence-electron chi connectivity index (χ0n) is 13.4. The lowest BCUT2D eigenvalue weighted by molar-refractivity contribution is -0.159. The molecular formula is C18H15F3N2O2. The predicted molar refractivity (Wildman–Crippen MR) is 85.8 cm³/mol. The molecule has 2 aromatic carbocycles. The number of benzene rings is 2. The molecule has 0 heterocycles. The van der Waals surface area contributed by atoms with Crippen molar-refractivity contribution in [1.82, 2.24) is 4.90 Å². The van der Waals surface area contributed by atoms with Gasteiger partial charge in [0.15, 0.2) is 6.61 Å². The van der Waals surface area contributed by atoms with E-state index in [0.717, 1.165) is 18.2 Å². The van der Waals surface area contributed by atoms with E-state index in [9.17, 15) is 18.0 Å². The summed E-state index contributed by atoms with van der Waals surface area (Å²) in [5.74, 6) is -0.375. The van der Waals surface area contributed by atoms with E-state index in [0.29, 0.717) is 16.2 Å². The fraction of sp³-hybridized carbons (Fsp3) is 0.222. The Labute approximate surface area is 143 Å². The highest BCUT2D eigenvalue weighted by Crippen LogP contribution is 2.23. The quantitative estimate of drug-likeness (QED) is 0.829. The maximum atomic E-state index is 12.2. The van der Waals surface area contributed by atoms with Crippen molar-refractivity contribution in [1.29, 1.82) is 5.26 Å². The number of carbonyl (C=O) groups excluding carboxylic acids is 1. The summed E-state index contributed by atoms with van der Waals surface area (Å²) < 4.78 is 41.9. The van der Waals surface area contributed by atoms with Gasteiger partial charge < -0.3 is 9.64 Å². The molecule has 0 N–H and O–H groups in total. The van der Waals surface area contributed by atoms with E-state index >= 15 is 0 Å². The summed E-state index contributed by atoms with van der Waals surface area (Å²) in [6.07, 6.45) is -4.44. The number of likely N-dealkylation sites (N-methyl/N-ethyl adjacent to an activating group) is 1. The monoisotopic (exact) mass is 348 g/mol. The third kappa shape index (κ3) is 5.53. The van der Waals surface area contributed by atoms with Gasteiger partial charge in [-0.05, 0) is 35.4 Å². The predicted octanol–water partition coefficient (Wildman–Crippen LogP) is 3.62. The highest BCUT2D eigenvalue weighted by Gasteiger charge is 2.31. The summed E-state index contributed by atoms with van der Waals surface area (Å²) in [6.45, 7) is -1.78. The number of amides is 1. The molecular weight excluding hydrogens is 333 g/mol. The van der Waals surface area contributed by atoms with Crippen LogP contribution in [0.1, 0.15) is 5.56 Å². The highest BCUT2D eigenvalue weighted by atomic mass is 19.4. The number of nitriles is 1. The Morgan fingerprint density at radius 1 is 1.08 bits per heavy atom. The molecule has 0 aliphatic heterocycles. The van der Waals surface area contributed by atoms with Crippen molar-refractivity contribution in [3.63, 3.8) is 0 Å². The standard InChI is InChI=1S/C18H15F3N2O2/c1-23(12-18(19,20)21)17(24)11-25-16-8-6-15(7-9-16)14-4-2-13(10-22)3-5-14/h2-9H,11-12H2,1H3. The molecule has 1 amide bonds. The van der Waals surface area contributed by atoms with Crippen LogP contribution in [0.2, 0.25) is 0 Å². The molecule has 130 valence electrons. The Morgan fingerprint density at radius 2 is 1.60 bits per heavy atom. The highest BCUT2D eigenvalue weighted by molar-refractivity contribution is 5.77. The number of rotatable bonds is 5. The number of hydrogen-bond donors (Lipinski definition) is 0. The summed E-state index contributed by atoms with van der Waals surface area (Å²) >= 11 is 0. The van der Waals surface area contributed by atoms with Crippen LogP contribution in [0.25, 0.3) is 11.1 Å². The zero-order chi connectivity index (χ0) is 18.4. The van der Waals surface area contributed by atoms with Gasteiger partial charge >= 0.3 is 6.18 Å². The number of halogens is 3. The molecule has 0 fully saturated rings. The normalized spacial score (nSPS) is 10.8. The zero-order valence-corrected chi connectivity index (χ0v) is 13.4. The lowest BCUT2D eigenvalue weighted by Crippen LogP contribution is -2.38. The van der Waals surface area contributed by atoms with Crippen molar-refractivity contribution >= 4 is 5.91 Å². The fourth-order valence-electron chi connectivity index (χ4n) is 2.09. The molecule has 0 saturated heterocycles. The molecule has 2 aromatic rings. The van der Waals surface area contributed by atoms with Crippen LogP contribution in [0.15, 0.2) is 48.5 Å². The maximum absolute atomic E-state index is 12.2. The molecule has 0 radical (unpaired) electrons. The van der Waals surface area contributed by atoms with Crippen LogP contribution >= 0.6 is 0 Å². The molecule has 7 heteroatoms. The minimum absolute atomic E-state index is 0.381. The Bertz CT molecular complexity index is 763. The lowest BCUT2D eigenvalue weighted by atomic mass is 10.0. The first-order chi connectivity index (χ1) is 11.8. The largest absolute Gasteiger partial charge is 0.484 e. The summed E-state index contributed by atoms with van der Waals surface area (Å²) in [7, 11) is 1.08. The Morgan fingerprint density at radius 3 is 2.08 bits per heavy atom. The van der Waals surface area contributed by atoms with Crippen LogP contribution in [0, 0.1) is 11.3 Å². The van der Waals surface area contributed by atoms with Crippen molar-refractivity contribution in [3.8, 4) is 22.9 Å². The van der Waals surface area contributed by atoms with Gasteiger partial charge in [0.2, 0.25) is 0 Å². The third-order valence-electron chi connectivity index (χ3n) is 3.41. The Kier molecular flexibility index (Phi) is 5.65. The summed E-state index contributed by atoms with van der Waals surface area (Å²) in [5, 5.41) is 8.78. The van der Waals surface area contributed by atoms with Gasteiger partial charge in [-0.1, -0.05) is 24.3 Å². The molecule has 0 atom stereocenters. The van der Waals surface area contributed by atoms with E-state index in [1.54, 1.807) is 36.4 Å². The SMILES string of the molecule is CN(CC(F)(F)F)C(=O)COc1ccc(-c2ccc(C#N)cc2)cc1. The molecule has 0 unspecified atom stereocenters. The second-order valence-electron chi connectivity index (χ2n) is 5.37. The first-order valence-corrected chi connectivity index (χ1v) is 7.32. The number of carbonyl (C=O) groups is 1. The molecule has 25 heavy (non-hydrogen) atoms. The maximum Gasteiger partial charge on any atom is 0.406 e. The van der Waals surface area contributed by atoms with Crippen LogP contribution in [-0.2, 0) is 4.79 Å².